The normalized spacial score (nSPS) is 13.1. The van der Waals surface area contributed by atoms with Crippen LogP contribution < -0.4 is 5.32 Å². The molecule has 24 heavy (non-hydrogen) atoms. The maximum absolute atomic E-state index is 12.9. The molecular weight excluding hydrogens is 304 g/mol. The standard InChI is InChI=1S/C19H22N2O3/c1-4-13(2)18(15-8-6-5-7-9-15)19(22)20-17-12-16(21(23)24)11-10-14(17)3/h5-13,18H,4H2,1-3H3,(H,20,22). The molecule has 0 fully saturated rings. The third-order valence-corrected chi connectivity index (χ3v) is 4.34. The lowest BCUT2D eigenvalue weighted by Crippen LogP contribution is -2.26. The van der Waals surface area contributed by atoms with Gasteiger partial charge in [-0.25, -0.2) is 0 Å². The number of non-ortho nitro benzene ring substituents is 1. The molecule has 2 rings (SSSR count). The van der Waals surface area contributed by atoms with E-state index in [0.29, 0.717) is 5.69 Å². The fourth-order valence-electron chi connectivity index (χ4n) is 2.70. The number of hydrogen-bond acceptors (Lipinski definition) is 3. The van der Waals surface area contributed by atoms with Crippen molar-refractivity contribution in [2.24, 2.45) is 5.92 Å². The van der Waals surface area contributed by atoms with Gasteiger partial charge in [0, 0.05) is 12.1 Å². The zero-order valence-electron chi connectivity index (χ0n) is 14.2. The Morgan fingerprint density at radius 1 is 1.21 bits per heavy atom. The highest BCUT2D eigenvalue weighted by Crippen LogP contribution is 2.30. The van der Waals surface area contributed by atoms with E-state index in [1.807, 2.05) is 51.1 Å². The summed E-state index contributed by atoms with van der Waals surface area (Å²) in [6.45, 7) is 5.91. The van der Waals surface area contributed by atoms with Gasteiger partial charge in [0.25, 0.3) is 5.69 Å². The maximum Gasteiger partial charge on any atom is 0.271 e. The first-order valence-corrected chi connectivity index (χ1v) is 8.04. The van der Waals surface area contributed by atoms with Gasteiger partial charge in [0.2, 0.25) is 5.91 Å². The van der Waals surface area contributed by atoms with E-state index in [1.54, 1.807) is 6.07 Å². The molecule has 1 amide bonds. The maximum atomic E-state index is 12.9. The first kappa shape index (κ1) is 17.7. The van der Waals surface area contributed by atoms with Gasteiger partial charge in [0.1, 0.15) is 0 Å². The van der Waals surface area contributed by atoms with Gasteiger partial charge < -0.3 is 5.32 Å². The van der Waals surface area contributed by atoms with Gasteiger partial charge in [-0.2, -0.15) is 0 Å². The summed E-state index contributed by atoms with van der Waals surface area (Å²) in [5.41, 5.74) is 2.20. The Bertz CT molecular complexity index is 729. The molecule has 0 bridgehead atoms. The highest BCUT2D eigenvalue weighted by atomic mass is 16.6. The number of nitro groups is 1. The SMILES string of the molecule is CCC(C)C(C(=O)Nc1cc([N+](=O)[O-])ccc1C)c1ccccc1. The first-order valence-electron chi connectivity index (χ1n) is 8.04. The van der Waals surface area contributed by atoms with Crippen LogP contribution in [-0.2, 0) is 4.79 Å². The van der Waals surface area contributed by atoms with Gasteiger partial charge in [0.15, 0.2) is 0 Å². The molecule has 5 nitrogen and oxygen atoms in total. The molecule has 0 aliphatic rings. The van der Waals surface area contributed by atoms with Crippen molar-refractivity contribution in [3.63, 3.8) is 0 Å². The monoisotopic (exact) mass is 326 g/mol. The van der Waals surface area contributed by atoms with Crippen LogP contribution >= 0.6 is 0 Å². The highest BCUT2D eigenvalue weighted by Gasteiger charge is 2.26. The number of amides is 1. The number of nitrogens with zero attached hydrogens (tertiary/aromatic N) is 1. The number of anilines is 1. The lowest BCUT2D eigenvalue weighted by atomic mass is 9.85. The molecule has 0 saturated heterocycles. The first-order chi connectivity index (χ1) is 11.4. The fraction of sp³-hybridized carbons (Fsp3) is 0.316. The van der Waals surface area contributed by atoms with Crippen molar-refractivity contribution in [1.29, 1.82) is 0 Å². The Hall–Kier alpha value is -2.69. The van der Waals surface area contributed by atoms with Crippen LogP contribution in [0.25, 0.3) is 0 Å². The Balaban J connectivity index is 2.32. The molecule has 0 spiro atoms. The van der Waals surface area contributed by atoms with Crippen LogP contribution in [0, 0.1) is 23.0 Å². The minimum absolute atomic E-state index is 0.0318. The van der Waals surface area contributed by atoms with Crippen molar-refractivity contribution in [2.75, 3.05) is 5.32 Å². The molecule has 0 aliphatic carbocycles. The van der Waals surface area contributed by atoms with E-state index in [9.17, 15) is 14.9 Å². The van der Waals surface area contributed by atoms with Gasteiger partial charge in [0.05, 0.1) is 16.5 Å². The Kier molecular flexibility index (Phi) is 5.68. The van der Waals surface area contributed by atoms with E-state index >= 15 is 0 Å². The molecule has 2 aromatic carbocycles. The second kappa shape index (κ2) is 7.73. The summed E-state index contributed by atoms with van der Waals surface area (Å²) in [5.74, 6) is -0.277. The van der Waals surface area contributed by atoms with Crippen LogP contribution in [0.5, 0.6) is 0 Å². The highest BCUT2D eigenvalue weighted by molar-refractivity contribution is 5.97. The predicted molar refractivity (Wildman–Crippen MR) is 95.1 cm³/mol. The molecule has 0 heterocycles. The minimum Gasteiger partial charge on any atom is -0.325 e. The second-order valence-electron chi connectivity index (χ2n) is 6.02. The second-order valence-corrected chi connectivity index (χ2v) is 6.02. The average molecular weight is 326 g/mol. The summed E-state index contributed by atoms with van der Waals surface area (Å²) in [5, 5.41) is 13.8. The number of carbonyl (C=O) groups excluding carboxylic acids is 1. The van der Waals surface area contributed by atoms with Gasteiger partial charge >= 0.3 is 0 Å². The Labute approximate surface area is 141 Å². The van der Waals surface area contributed by atoms with Crippen molar-refractivity contribution < 1.29 is 9.72 Å². The average Bonchev–Trinajstić information content (AvgIpc) is 2.57. The van der Waals surface area contributed by atoms with Crippen LogP contribution in [0.15, 0.2) is 48.5 Å². The molecule has 2 atom stereocenters. The van der Waals surface area contributed by atoms with Gasteiger partial charge in [-0.3, -0.25) is 14.9 Å². The smallest absolute Gasteiger partial charge is 0.271 e. The summed E-state index contributed by atoms with van der Waals surface area (Å²) in [7, 11) is 0. The predicted octanol–water partition coefficient (Wildman–Crippen LogP) is 4.67. The number of aryl methyl sites for hydroxylation is 1. The Morgan fingerprint density at radius 3 is 2.46 bits per heavy atom. The topological polar surface area (TPSA) is 72.2 Å². The molecule has 0 radical (unpaired) electrons. The number of nitro benzene ring substituents is 1. The van der Waals surface area contributed by atoms with Gasteiger partial charge in [-0.1, -0.05) is 56.7 Å². The van der Waals surface area contributed by atoms with E-state index in [4.69, 9.17) is 0 Å². The molecule has 2 aromatic rings. The van der Waals surface area contributed by atoms with Crippen LogP contribution in [0.1, 0.15) is 37.3 Å². The van der Waals surface area contributed by atoms with Crippen LogP contribution in [0.3, 0.4) is 0 Å². The van der Waals surface area contributed by atoms with Crippen molar-refractivity contribution >= 4 is 17.3 Å². The van der Waals surface area contributed by atoms with Crippen molar-refractivity contribution in [2.45, 2.75) is 33.1 Å². The number of rotatable bonds is 6. The molecule has 1 N–H and O–H groups in total. The van der Waals surface area contributed by atoms with Gasteiger partial charge in [-0.05, 0) is 24.0 Å². The van der Waals surface area contributed by atoms with Crippen molar-refractivity contribution in [3.8, 4) is 0 Å². The van der Waals surface area contributed by atoms with Crippen molar-refractivity contribution in [1.82, 2.24) is 0 Å². The molecule has 5 heteroatoms. The molecule has 0 aliphatic heterocycles. The zero-order valence-corrected chi connectivity index (χ0v) is 14.2. The fourth-order valence-corrected chi connectivity index (χ4v) is 2.70. The van der Waals surface area contributed by atoms with Crippen LogP contribution in [0.2, 0.25) is 0 Å². The zero-order chi connectivity index (χ0) is 17.7. The third kappa shape index (κ3) is 3.98. The third-order valence-electron chi connectivity index (χ3n) is 4.34. The summed E-state index contributed by atoms with van der Waals surface area (Å²) in [6.07, 6.45) is 0.862. The lowest BCUT2D eigenvalue weighted by Gasteiger charge is -2.23. The Morgan fingerprint density at radius 2 is 1.88 bits per heavy atom. The summed E-state index contributed by atoms with van der Waals surface area (Å²) >= 11 is 0. The van der Waals surface area contributed by atoms with Crippen molar-refractivity contribution in [3.05, 3.63) is 69.8 Å². The van der Waals surface area contributed by atoms with E-state index in [1.165, 1.54) is 12.1 Å². The number of hydrogen-bond donors (Lipinski definition) is 1. The number of nitrogens with one attached hydrogen (secondary N) is 1. The van der Waals surface area contributed by atoms with E-state index in [2.05, 4.69) is 5.32 Å². The lowest BCUT2D eigenvalue weighted by molar-refractivity contribution is -0.384. The molecule has 0 aromatic heterocycles. The molecule has 126 valence electrons. The minimum atomic E-state index is -0.460. The van der Waals surface area contributed by atoms with E-state index in [-0.39, 0.29) is 23.4 Å². The number of carbonyl (C=O) groups is 1. The van der Waals surface area contributed by atoms with Crippen LogP contribution in [0.4, 0.5) is 11.4 Å². The van der Waals surface area contributed by atoms with Gasteiger partial charge in [-0.15, -0.1) is 0 Å². The van der Waals surface area contributed by atoms with E-state index in [0.717, 1.165) is 17.5 Å². The molecule has 0 saturated carbocycles. The molecule has 2 unspecified atom stereocenters. The quantitative estimate of drug-likeness (QED) is 0.619. The molecular formula is C19H22N2O3. The van der Waals surface area contributed by atoms with E-state index < -0.39 is 4.92 Å². The largest absolute Gasteiger partial charge is 0.325 e. The summed E-state index contributed by atoms with van der Waals surface area (Å²) < 4.78 is 0. The number of benzene rings is 2. The summed E-state index contributed by atoms with van der Waals surface area (Å²) in [6, 6.07) is 14.1. The van der Waals surface area contributed by atoms with Crippen LogP contribution in [-0.4, -0.2) is 10.8 Å². The summed E-state index contributed by atoms with van der Waals surface area (Å²) in [4.78, 5) is 23.4.